The van der Waals surface area contributed by atoms with Gasteiger partial charge in [0.1, 0.15) is 12.1 Å². The smallest absolute Gasteiger partial charge is 0.158 e. The first-order valence-electron chi connectivity index (χ1n) is 10.7. The lowest BCUT2D eigenvalue weighted by atomic mass is 9.68. The van der Waals surface area contributed by atoms with Crippen molar-refractivity contribution in [3.05, 3.63) is 59.2 Å². The van der Waals surface area contributed by atoms with Crippen LogP contribution >= 0.6 is 0 Å². The molecule has 0 amide bonds. The van der Waals surface area contributed by atoms with Gasteiger partial charge in [-0.1, -0.05) is 18.9 Å². The first-order valence-corrected chi connectivity index (χ1v) is 10.7. The van der Waals surface area contributed by atoms with Gasteiger partial charge in [-0.2, -0.15) is 10.5 Å². The number of hydrogen-bond acceptors (Lipinski definition) is 6. The molecule has 0 radical (unpaired) electrons. The summed E-state index contributed by atoms with van der Waals surface area (Å²) in [6.07, 6.45) is 11.4. The highest BCUT2D eigenvalue weighted by atomic mass is 16.5. The predicted octanol–water partition coefficient (Wildman–Crippen LogP) is 3.76. The predicted molar refractivity (Wildman–Crippen MR) is 112 cm³/mol. The molecular formula is C24H27N5O. The quantitative estimate of drug-likeness (QED) is 0.741. The van der Waals surface area contributed by atoms with E-state index in [0.717, 1.165) is 50.8 Å². The second kappa shape index (κ2) is 8.92. The second-order valence-corrected chi connectivity index (χ2v) is 8.55. The number of hydrogen-bond donors (Lipinski definition) is 1. The van der Waals surface area contributed by atoms with E-state index in [1.165, 1.54) is 18.5 Å². The molecule has 1 atom stereocenters. The number of aromatic nitrogens is 2. The van der Waals surface area contributed by atoms with Crippen LogP contribution in [-0.4, -0.2) is 28.7 Å². The summed E-state index contributed by atoms with van der Waals surface area (Å²) in [4.78, 5) is 8.84. The van der Waals surface area contributed by atoms with Crippen molar-refractivity contribution in [2.75, 3.05) is 13.2 Å². The summed E-state index contributed by atoms with van der Waals surface area (Å²) in [5, 5.41) is 21.7. The minimum Gasteiger partial charge on any atom is -0.375 e. The van der Waals surface area contributed by atoms with Gasteiger partial charge < -0.3 is 10.1 Å². The minimum absolute atomic E-state index is 0.0223. The summed E-state index contributed by atoms with van der Waals surface area (Å²) >= 11 is 0. The monoisotopic (exact) mass is 401 g/mol. The fourth-order valence-corrected chi connectivity index (χ4v) is 5.14. The lowest BCUT2D eigenvalue weighted by Gasteiger charge is -2.46. The maximum absolute atomic E-state index is 9.20. The molecule has 0 unspecified atom stereocenters. The van der Waals surface area contributed by atoms with Crippen molar-refractivity contribution in [2.24, 2.45) is 0 Å². The number of ether oxygens (including phenoxy) is 1. The maximum atomic E-state index is 9.20. The van der Waals surface area contributed by atoms with Gasteiger partial charge in [-0.05, 0) is 62.4 Å². The van der Waals surface area contributed by atoms with Crippen LogP contribution in [0.1, 0.15) is 67.5 Å². The van der Waals surface area contributed by atoms with E-state index in [0.29, 0.717) is 12.1 Å². The summed E-state index contributed by atoms with van der Waals surface area (Å²) in [6.45, 7) is 2.25. The second-order valence-electron chi connectivity index (χ2n) is 8.55. The molecule has 1 aliphatic carbocycles. The van der Waals surface area contributed by atoms with Gasteiger partial charge in [0.05, 0.1) is 11.2 Å². The molecule has 1 N–H and O–H groups in total. The van der Waals surface area contributed by atoms with Crippen LogP contribution in [0.15, 0.2) is 36.7 Å². The van der Waals surface area contributed by atoms with E-state index in [9.17, 15) is 5.26 Å². The van der Waals surface area contributed by atoms with Crippen molar-refractivity contribution >= 4 is 0 Å². The van der Waals surface area contributed by atoms with Gasteiger partial charge in [0.15, 0.2) is 5.69 Å². The van der Waals surface area contributed by atoms with E-state index in [4.69, 9.17) is 15.0 Å². The van der Waals surface area contributed by atoms with Crippen LogP contribution < -0.4 is 5.32 Å². The Balaban J connectivity index is 1.45. The Morgan fingerprint density at radius 2 is 1.97 bits per heavy atom. The lowest BCUT2D eigenvalue weighted by Crippen LogP contribution is -2.47. The Hall–Kier alpha value is -2.80. The van der Waals surface area contributed by atoms with Crippen LogP contribution in [0.4, 0.5) is 0 Å². The Morgan fingerprint density at radius 3 is 2.70 bits per heavy atom. The molecule has 4 rings (SSSR count). The Bertz CT molecular complexity index is 956. The average molecular weight is 402 g/mol. The summed E-state index contributed by atoms with van der Waals surface area (Å²) < 4.78 is 6.31. The van der Waals surface area contributed by atoms with Gasteiger partial charge in [0.25, 0.3) is 0 Å². The molecule has 1 spiro atoms. The highest BCUT2D eigenvalue weighted by Gasteiger charge is 2.48. The first-order chi connectivity index (χ1) is 14.7. The third-order valence-electron chi connectivity index (χ3n) is 6.65. The number of rotatable bonds is 6. The molecule has 2 aromatic rings. The molecule has 2 aromatic heterocycles. The van der Waals surface area contributed by atoms with Crippen molar-refractivity contribution in [1.29, 1.82) is 10.5 Å². The van der Waals surface area contributed by atoms with Crippen LogP contribution in [0.3, 0.4) is 0 Å². The standard InChI is InChI=1S/C24H27N5O/c25-14-20-13-19(17-29-21(20)15-26)16-27-11-8-23(22-5-1-4-10-28-22)9-12-30-24(18-23)6-2-3-7-24/h1,4-5,10,13,17,27H,2-3,6-9,11-12,16,18H2/t23-/m0/s1. The zero-order valence-electron chi connectivity index (χ0n) is 17.2. The van der Waals surface area contributed by atoms with E-state index in [1.54, 1.807) is 12.3 Å². The largest absolute Gasteiger partial charge is 0.375 e. The van der Waals surface area contributed by atoms with Gasteiger partial charge >= 0.3 is 0 Å². The molecule has 1 saturated heterocycles. The third-order valence-corrected chi connectivity index (χ3v) is 6.65. The van der Waals surface area contributed by atoms with Gasteiger partial charge in [0, 0.05) is 36.7 Å². The van der Waals surface area contributed by atoms with Crippen molar-refractivity contribution < 1.29 is 4.74 Å². The maximum Gasteiger partial charge on any atom is 0.158 e. The minimum atomic E-state index is 0.0223. The fraction of sp³-hybridized carbons (Fsp3) is 0.500. The van der Waals surface area contributed by atoms with Crippen LogP contribution in [0.2, 0.25) is 0 Å². The zero-order chi connectivity index (χ0) is 20.9. The van der Waals surface area contributed by atoms with E-state index in [1.807, 2.05) is 24.4 Å². The van der Waals surface area contributed by atoms with E-state index < -0.39 is 0 Å². The zero-order valence-corrected chi connectivity index (χ0v) is 17.2. The van der Waals surface area contributed by atoms with Crippen molar-refractivity contribution in [3.63, 3.8) is 0 Å². The number of pyridine rings is 2. The molecule has 1 saturated carbocycles. The topological polar surface area (TPSA) is 94.6 Å². The Morgan fingerprint density at radius 1 is 1.10 bits per heavy atom. The van der Waals surface area contributed by atoms with Gasteiger partial charge in [-0.3, -0.25) is 4.98 Å². The average Bonchev–Trinajstić information content (AvgIpc) is 3.24. The molecular weight excluding hydrogens is 374 g/mol. The molecule has 6 heteroatoms. The molecule has 0 bridgehead atoms. The lowest BCUT2D eigenvalue weighted by molar-refractivity contribution is -0.104. The first kappa shape index (κ1) is 20.5. The summed E-state index contributed by atoms with van der Waals surface area (Å²) in [6, 6.07) is 12.0. The van der Waals surface area contributed by atoms with Crippen LogP contribution in [0.25, 0.3) is 0 Å². The van der Waals surface area contributed by atoms with Crippen molar-refractivity contribution in [3.8, 4) is 12.1 Å². The highest BCUT2D eigenvalue weighted by Crippen LogP contribution is 2.49. The Labute approximate surface area is 177 Å². The van der Waals surface area contributed by atoms with Crippen molar-refractivity contribution in [2.45, 2.75) is 62.5 Å². The van der Waals surface area contributed by atoms with Gasteiger partial charge in [-0.25, -0.2) is 4.98 Å². The van der Waals surface area contributed by atoms with Crippen LogP contribution in [-0.2, 0) is 16.7 Å². The molecule has 1 aliphatic heterocycles. The molecule has 30 heavy (non-hydrogen) atoms. The molecule has 2 aliphatic rings. The van der Waals surface area contributed by atoms with Gasteiger partial charge in [0.2, 0.25) is 0 Å². The highest BCUT2D eigenvalue weighted by molar-refractivity contribution is 5.42. The fourth-order valence-electron chi connectivity index (χ4n) is 5.14. The molecule has 154 valence electrons. The van der Waals surface area contributed by atoms with Crippen LogP contribution in [0.5, 0.6) is 0 Å². The van der Waals surface area contributed by atoms with Crippen LogP contribution in [0, 0.1) is 22.7 Å². The molecule has 0 aromatic carbocycles. The number of nitrogens with one attached hydrogen (secondary N) is 1. The summed E-state index contributed by atoms with van der Waals surface area (Å²) in [5.74, 6) is 0. The normalized spacial score (nSPS) is 22.5. The third kappa shape index (κ3) is 4.21. The summed E-state index contributed by atoms with van der Waals surface area (Å²) in [5.41, 5.74) is 2.64. The number of nitrogens with zero attached hydrogens (tertiary/aromatic N) is 4. The van der Waals surface area contributed by atoms with E-state index in [-0.39, 0.29) is 16.7 Å². The number of nitriles is 2. The molecule has 6 nitrogen and oxygen atoms in total. The molecule has 3 heterocycles. The Kier molecular flexibility index (Phi) is 6.08. The summed E-state index contributed by atoms with van der Waals surface area (Å²) in [7, 11) is 0. The van der Waals surface area contributed by atoms with Gasteiger partial charge in [-0.15, -0.1) is 0 Å². The SMILES string of the molecule is N#Cc1cc(CNCC[C@]2(c3ccccn3)CCOC3(CCCC3)C2)cnc1C#N. The van der Waals surface area contributed by atoms with E-state index in [2.05, 4.69) is 22.4 Å². The molecule has 2 fully saturated rings. The van der Waals surface area contributed by atoms with E-state index >= 15 is 0 Å². The van der Waals surface area contributed by atoms with Crippen molar-refractivity contribution in [1.82, 2.24) is 15.3 Å².